The monoisotopic (exact) mass is 317 g/mol. The van der Waals surface area contributed by atoms with Gasteiger partial charge >= 0.3 is 0 Å². The molecule has 0 saturated heterocycles. The number of carbonyl (C=O) groups is 1. The molecule has 0 unspecified atom stereocenters. The van der Waals surface area contributed by atoms with Crippen molar-refractivity contribution in [2.75, 3.05) is 18.1 Å². The highest BCUT2D eigenvalue weighted by atomic mass is 79.9. The molecule has 1 aromatic rings. The van der Waals surface area contributed by atoms with E-state index in [0.717, 1.165) is 11.5 Å². The Bertz CT molecular complexity index is 411. The number of thioether (sulfide) groups is 1. The Kier molecular flexibility index (Phi) is 6.29. The number of amides is 1. The van der Waals surface area contributed by atoms with E-state index in [9.17, 15) is 9.18 Å². The normalized spacial score (nSPS) is 10.0. The van der Waals surface area contributed by atoms with E-state index in [0.29, 0.717) is 16.6 Å². The van der Waals surface area contributed by atoms with Gasteiger partial charge in [-0.3, -0.25) is 4.79 Å². The molecule has 1 amide bonds. The van der Waals surface area contributed by atoms with Crippen LogP contribution in [0.2, 0.25) is 0 Å². The van der Waals surface area contributed by atoms with E-state index >= 15 is 0 Å². The summed E-state index contributed by atoms with van der Waals surface area (Å²) in [6.07, 6.45) is 1.82. The molecule has 5 heteroatoms. The van der Waals surface area contributed by atoms with Crippen LogP contribution in [0.5, 0.6) is 0 Å². The van der Waals surface area contributed by atoms with Gasteiger partial charge < -0.3 is 5.32 Å². The van der Waals surface area contributed by atoms with Gasteiger partial charge in [0, 0.05) is 23.6 Å². The minimum atomic E-state index is -0.372. The molecule has 0 bridgehead atoms. The number of rotatable bonds is 6. The van der Waals surface area contributed by atoms with Gasteiger partial charge in [0.2, 0.25) is 0 Å². The standard InChI is InChI=1S/C12H13BrFNOS/c1-2-6-17-7-5-15-12(16)9-3-4-11(14)10(13)8-9/h2-4,8H,1,5-7H2,(H,15,16). The second kappa shape index (κ2) is 7.50. The zero-order valence-corrected chi connectivity index (χ0v) is 11.6. The third-order valence-electron chi connectivity index (χ3n) is 1.95. The molecule has 0 saturated carbocycles. The second-order valence-electron chi connectivity index (χ2n) is 3.25. The molecule has 0 spiro atoms. The quantitative estimate of drug-likeness (QED) is 0.644. The predicted octanol–water partition coefficient (Wildman–Crippen LogP) is 3.24. The fourth-order valence-corrected chi connectivity index (χ4v) is 2.10. The van der Waals surface area contributed by atoms with Gasteiger partial charge in [-0.2, -0.15) is 11.8 Å². The maximum Gasteiger partial charge on any atom is 0.251 e. The minimum Gasteiger partial charge on any atom is -0.351 e. The molecule has 0 aliphatic heterocycles. The number of carbonyl (C=O) groups excluding carboxylic acids is 1. The van der Waals surface area contributed by atoms with Crippen LogP contribution in [0.25, 0.3) is 0 Å². The topological polar surface area (TPSA) is 29.1 Å². The maximum absolute atomic E-state index is 13.0. The van der Waals surface area contributed by atoms with E-state index < -0.39 is 0 Å². The van der Waals surface area contributed by atoms with Crippen LogP contribution in [0.3, 0.4) is 0 Å². The van der Waals surface area contributed by atoms with Crippen LogP contribution in [0.1, 0.15) is 10.4 Å². The van der Waals surface area contributed by atoms with Gasteiger partial charge in [-0.05, 0) is 34.1 Å². The van der Waals surface area contributed by atoms with Crippen LogP contribution >= 0.6 is 27.7 Å². The van der Waals surface area contributed by atoms with Crippen molar-refractivity contribution in [3.63, 3.8) is 0 Å². The van der Waals surface area contributed by atoms with Gasteiger partial charge in [-0.15, -0.1) is 6.58 Å². The van der Waals surface area contributed by atoms with E-state index in [-0.39, 0.29) is 11.7 Å². The summed E-state index contributed by atoms with van der Waals surface area (Å²) in [5, 5.41) is 2.77. The van der Waals surface area contributed by atoms with Crippen molar-refractivity contribution < 1.29 is 9.18 Å². The maximum atomic E-state index is 13.0. The predicted molar refractivity (Wildman–Crippen MR) is 74.0 cm³/mol. The summed E-state index contributed by atoms with van der Waals surface area (Å²) in [5.41, 5.74) is 0.451. The molecular weight excluding hydrogens is 305 g/mol. The molecule has 0 atom stereocenters. The fourth-order valence-electron chi connectivity index (χ4n) is 1.14. The van der Waals surface area contributed by atoms with Gasteiger partial charge in [0.05, 0.1) is 4.47 Å². The van der Waals surface area contributed by atoms with Crippen LogP contribution in [0.15, 0.2) is 35.3 Å². The molecule has 0 fully saturated rings. The molecule has 92 valence electrons. The summed E-state index contributed by atoms with van der Waals surface area (Å²) in [7, 11) is 0. The van der Waals surface area contributed by atoms with Crippen molar-refractivity contribution in [1.29, 1.82) is 0 Å². The summed E-state index contributed by atoms with van der Waals surface area (Å²) in [6.45, 7) is 4.20. The average Bonchev–Trinajstić information content (AvgIpc) is 2.32. The Morgan fingerprint density at radius 2 is 2.35 bits per heavy atom. The number of hydrogen-bond acceptors (Lipinski definition) is 2. The molecule has 0 aromatic heterocycles. The molecule has 0 aliphatic rings. The second-order valence-corrected chi connectivity index (χ2v) is 5.25. The lowest BCUT2D eigenvalue weighted by Gasteiger charge is -2.05. The highest BCUT2D eigenvalue weighted by Gasteiger charge is 2.07. The Balaban J connectivity index is 2.41. The van der Waals surface area contributed by atoms with Crippen molar-refractivity contribution in [1.82, 2.24) is 5.32 Å². The first-order valence-corrected chi connectivity index (χ1v) is 7.02. The Labute approximate surface area is 113 Å². The van der Waals surface area contributed by atoms with Gasteiger partial charge in [0.25, 0.3) is 5.91 Å². The van der Waals surface area contributed by atoms with Crippen molar-refractivity contribution in [2.45, 2.75) is 0 Å². The van der Waals surface area contributed by atoms with Crippen molar-refractivity contribution >= 4 is 33.6 Å². The minimum absolute atomic E-state index is 0.190. The SMILES string of the molecule is C=CCSCCNC(=O)c1ccc(F)c(Br)c1. The van der Waals surface area contributed by atoms with E-state index in [4.69, 9.17) is 0 Å². The number of benzene rings is 1. The summed E-state index contributed by atoms with van der Waals surface area (Å²) < 4.78 is 13.3. The lowest BCUT2D eigenvalue weighted by Crippen LogP contribution is -2.25. The molecule has 0 aliphatic carbocycles. The molecule has 0 radical (unpaired) electrons. The lowest BCUT2D eigenvalue weighted by molar-refractivity contribution is 0.0956. The molecule has 17 heavy (non-hydrogen) atoms. The van der Waals surface area contributed by atoms with Crippen LogP contribution in [-0.2, 0) is 0 Å². The molecule has 1 aromatic carbocycles. The lowest BCUT2D eigenvalue weighted by atomic mass is 10.2. The Hall–Kier alpha value is -0.810. The smallest absolute Gasteiger partial charge is 0.251 e. The van der Waals surface area contributed by atoms with Gasteiger partial charge in [0.1, 0.15) is 5.82 Å². The average molecular weight is 318 g/mol. The summed E-state index contributed by atoms with van der Waals surface area (Å²) in [4.78, 5) is 11.7. The van der Waals surface area contributed by atoms with Crippen molar-refractivity contribution in [2.24, 2.45) is 0 Å². The van der Waals surface area contributed by atoms with Crippen LogP contribution in [-0.4, -0.2) is 24.0 Å². The third kappa shape index (κ3) is 4.91. The van der Waals surface area contributed by atoms with Crippen LogP contribution < -0.4 is 5.32 Å². The summed E-state index contributed by atoms with van der Waals surface area (Å²) in [6, 6.07) is 4.21. The van der Waals surface area contributed by atoms with E-state index in [1.807, 2.05) is 6.08 Å². The first-order chi connectivity index (χ1) is 8.15. The largest absolute Gasteiger partial charge is 0.351 e. The number of hydrogen-bond donors (Lipinski definition) is 1. The molecule has 1 rings (SSSR count). The molecule has 0 heterocycles. The number of halogens is 2. The van der Waals surface area contributed by atoms with Crippen LogP contribution in [0.4, 0.5) is 4.39 Å². The van der Waals surface area contributed by atoms with E-state index in [2.05, 4.69) is 27.8 Å². The zero-order chi connectivity index (χ0) is 12.7. The van der Waals surface area contributed by atoms with Crippen molar-refractivity contribution in [3.05, 3.63) is 46.7 Å². The van der Waals surface area contributed by atoms with Gasteiger partial charge in [-0.1, -0.05) is 6.08 Å². The van der Waals surface area contributed by atoms with Crippen LogP contribution in [0, 0.1) is 5.82 Å². The van der Waals surface area contributed by atoms with Crippen molar-refractivity contribution in [3.8, 4) is 0 Å². The van der Waals surface area contributed by atoms with Gasteiger partial charge in [-0.25, -0.2) is 4.39 Å². The third-order valence-corrected chi connectivity index (χ3v) is 3.52. The highest BCUT2D eigenvalue weighted by molar-refractivity contribution is 9.10. The Morgan fingerprint density at radius 1 is 1.59 bits per heavy atom. The van der Waals surface area contributed by atoms with E-state index in [1.165, 1.54) is 18.2 Å². The molecular formula is C12H13BrFNOS. The first kappa shape index (κ1) is 14.3. The summed E-state index contributed by atoms with van der Waals surface area (Å²) in [5.74, 6) is 1.14. The van der Waals surface area contributed by atoms with E-state index in [1.54, 1.807) is 11.8 Å². The number of nitrogens with one attached hydrogen (secondary N) is 1. The first-order valence-electron chi connectivity index (χ1n) is 5.07. The molecule has 1 N–H and O–H groups in total. The summed E-state index contributed by atoms with van der Waals surface area (Å²) >= 11 is 4.74. The zero-order valence-electron chi connectivity index (χ0n) is 9.21. The van der Waals surface area contributed by atoms with Gasteiger partial charge in [0.15, 0.2) is 0 Å². The highest BCUT2D eigenvalue weighted by Crippen LogP contribution is 2.16. The molecule has 2 nitrogen and oxygen atoms in total. The Morgan fingerprint density at radius 3 is 3.00 bits per heavy atom. The fraction of sp³-hybridized carbons (Fsp3) is 0.250.